The molecule has 2 aliphatic rings. The molecule has 0 bridgehead atoms. The van der Waals surface area contributed by atoms with Crippen molar-refractivity contribution in [3.8, 4) is 5.75 Å². The minimum Gasteiger partial charge on any atom is -0.490 e. The second kappa shape index (κ2) is 5.16. The van der Waals surface area contributed by atoms with E-state index in [1.54, 1.807) is 0 Å². The molecule has 120 valence electrons. The predicted octanol–water partition coefficient (Wildman–Crippen LogP) is 2.67. The van der Waals surface area contributed by atoms with Crippen LogP contribution in [0.15, 0.2) is 24.3 Å². The Morgan fingerprint density at radius 3 is 2.59 bits per heavy atom. The Balaban J connectivity index is 1.62. The number of carbonyl (C=O) groups is 1. The largest absolute Gasteiger partial charge is 0.490 e. The van der Waals surface area contributed by atoms with E-state index in [-0.39, 0.29) is 19.2 Å². The van der Waals surface area contributed by atoms with E-state index in [1.165, 1.54) is 4.90 Å². The molecule has 2 fully saturated rings. The number of hydrogen-bond acceptors (Lipinski definition) is 4. The lowest BCUT2D eigenvalue weighted by Gasteiger charge is -2.46. The summed E-state index contributed by atoms with van der Waals surface area (Å²) in [5.41, 5.74) is -0.756. The molecule has 5 nitrogen and oxygen atoms in total. The van der Waals surface area contributed by atoms with Crippen molar-refractivity contribution in [2.75, 3.05) is 13.1 Å². The van der Waals surface area contributed by atoms with Crippen molar-refractivity contribution in [3.05, 3.63) is 29.8 Å². The van der Waals surface area contributed by atoms with E-state index < -0.39 is 11.2 Å². The van der Waals surface area contributed by atoms with Crippen LogP contribution in [-0.4, -0.2) is 40.9 Å². The van der Waals surface area contributed by atoms with E-state index in [1.807, 2.05) is 45.0 Å². The van der Waals surface area contributed by atoms with Gasteiger partial charge in [0.1, 0.15) is 17.0 Å². The van der Waals surface area contributed by atoms with Gasteiger partial charge in [0.15, 0.2) is 0 Å². The number of β-amino-alcohol motifs (C(OH)–C–C–N with tert-alkyl or cyclic N) is 1. The summed E-state index contributed by atoms with van der Waals surface area (Å²) >= 11 is 0. The minimum absolute atomic E-state index is 0.245. The van der Waals surface area contributed by atoms with Crippen LogP contribution >= 0.6 is 0 Å². The number of ether oxygens (including phenoxy) is 2. The van der Waals surface area contributed by atoms with Gasteiger partial charge in [-0.15, -0.1) is 0 Å². The number of carbonyl (C=O) groups excluding carboxylic acids is 1. The summed E-state index contributed by atoms with van der Waals surface area (Å²) in [7, 11) is 0. The van der Waals surface area contributed by atoms with Crippen molar-refractivity contribution in [2.24, 2.45) is 0 Å². The zero-order valence-electron chi connectivity index (χ0n) is 13.3. The fourth-order valence-electron chi connectivity index (χ4n) is 2.46. The van der Waals surface area contributed by atoms with Crippen molar-refractivity contribution in [1.82, 2.24) is 4.90 Å². The fraction of sp³-hybridized carbons (Fsp3) is 0.588. The van der Waals surface area contributed by atoms with E-state index in [0.717, 1.165) is 24.2 Å². The normalized spacial score (nSPS) is 20.3. The molecule has 0 spiro atoms. The van der Waals surface area contributed by atoms with Crippen LogP contribution in [0.1, 0.15) is 39.2 Å². The van der Waals surface area contributed by atoms with Crippen LogP contribution in [0.3, 0.4) is 0 Å². The Bertz CT molecular complexity index is 568. The maximum absolute atomic E-state index is 11.9. The van der Waals surface area contributed by atoms with Gasteiger partial charge in [-0.25, -0.2) is 4.79 Å². The summed E-state index contributed by atoms with van der Waals surface area (Å²) in [5.74, 6) is 0.782. The highest BCUT2D eigenvalue weighted by Crippen LogP contribution is 2.35. The number of rotatable bonds is 3. The molecule has 1 aliphatic carbocycles. The number of benzene rings is 1. The number of aliphatic hydroxyl groups is 1. The van der Waals surface area contributed by atoms with Crippen LogP contribution < -0.4 is 4.74 Å². The molecule has 1 amide bonds. The second-order valence-electron chi connectivity index (χ2n) is 7.21. The van der Waals surface area contributed by atoms with E-state index in [2.05, 4.69) is 0 Å². The van der Waals surface area contributed by atoms with Gasteiger partial charge < -0.3 is 19.5 Å². The van der Waals surface area contributed by atoms with Gasteiger partial charge in [0.25, 0.3) is 0 Å². The SMILES string of the molecule is CC(C)(C)OC(=O)N1CC(O)(c2cccc(OC3CC3)c2)C1. The highest BCUT2D eigenvalue weighted by Gasteiger charge is 2.46. The number of nitrogens with zero attached hydrogens (tertiary/aromatic N) is 1. The Morgan fingerprint density at radius 2 is 2.00 bits per heavy atom. The van der Waals surface area contributed by atoms with Gasteiger partial charge in [-0.05, 0) is 51.3 Å². The third kappa shape index (κ3) is 3.35. The molecule has 0 atom stereocenters. The molecule has 0 aromatic heterocycles. The smallest absolute Gasteiger partial charge is 0.410 e. The molecular formula is C17H23NO4. The molecule has 3 rings (SSSR count). The van der Waals surface area contributed by atoms with Gasteiger partial charge in [-0.1, -0.05) is 12.1 Å². The first-order valence-electron chi connectivity index (χ1n) is 7.73. The first kappa shape index (κ1) is 15.2. The summed E-state index contributed by atoms with van der Waals surface area (Å²) in [6.45, 7) is 5.98. The Labute approximate surface area is 130 Å². The van der Waals surface area contributed by atoms with Crippen LogP contribution in [0, 0.1) is 0 Å². The minimum atomic E-state index is -1.01. The lowest BCUT2D eigenvalue weighted by atomic mass is 9.86. The Hall–Kier alpha value is -1.75. The molecule has 1 heterocycles. The molecule has 5 heteroatoms. The highest BCUT2D eigenvalue weighted by molar-refractivity contribution is 5.70. The van der Waals surface area contributed by atoms with Gasteiger partial charge in [0, 0.05) is 0 Å². The summed E-state index contributed by atoms with van der Waals surface area (Å²) < 4.78 is 11.1. The lowest BCUT2D eigenvalue weighted by molar-refractivity contribution is -0.103. The van der Waals surface area contributed by atoms with Gasteiger partial charge in [0.2, 0.25) is 0 Å². The average Bonchev–Trinajstić information content (AvgIpc) is 3.17. The standard InChI is InChI=1S/C17H23NO4/c1-16(2,3)22-15(19)18-10-17(20,11-18)12-5-4-6-14(9-12)21-13-7-8-13/h4-6,9,13,20H,7-8,10-11H2,1-3H3. The molecule has 1 saturated carbocycles. The molecule has 0 unspecified atom stereocenters. The zero-order chi connectivity index (χ0) is 16.0. The average molecular weight is 305 g/mol. The molecule has 1 saturated heterocycles. The van der Waals surface area contributed by atoms with Gasteiger partial charge in [-0.3, -0.25) is 0 Å². The van der Waals surface area contributed by atoms with Crippen molar-refractivity contribution in [3.63, 3.8) is 0 Å². The number of likely N-dealkylation sites (tertiary alicyclic amines) is 1. The van der Waals surface area contributed by atoms with Crippen LogP contribution in [0.25, 0.3) is 0 Å². The van der Waals surface area contributed by atoms with Gasteiger partial charge in [-0.2, -0.15) is 0 Å². The van der Waals surface area contributed by atoms with Crippen LogP contribution in [0.4, 0.5) is 4.79 Å². The number of hydrogen-bond donors (Lipinski definition) is 1. The summed E-state index contributed by atoms with van der Waals surface area (Å²) in [6, 6.07) is 7.51. The second-order valence-corrected chi connectivity index (χ2v) is 7.21. The third-order valence-corrected chi connectivity index (χ3v) is 3.76. The van der Waals surface area contributed by atoms with Gasteiger partial charge in [0.05, 0.1) is 19.2 Å². The van der Waals surface area contributed by atoms with Crippen molar-refractivity contribution in [1.29, 1.82) is 0 Å². The summed E-state index contributed by atoms with van der Waals surface area (Å²) in [6.07, 6.45) is 2.13. The fourth-order valence-corrected chi connectivity index (χ4v) is 2.46. The van der Waals surface area contributed by atoms with E-state index >= 15 is 0 Å². The molecular weight excluding hydrogens is 282 g/mol. The molecule has 1 aromatic carbocycles. The van der Waals surface area contributed by atoms with E-state index in [4.69, 9.17) is 9.47 Å². The van der Waals surface area contributed by atoms with Crippen LogP contribution in [0.2, 0.25) is 0 Å². The van der Waals surface area contributed by atoms with Crippen molar-refractivity contribution in [2.45, 2.75) is 50.9 Å². The lowest BCUT2D eigenvalue weighted by Crippen LogP contribution is -2.61. The predicted molar refractivity (Wildman–Crippen MR) is 81.8 cm³/mol. The topological polar surface area (TPSA) is 59.0 Å². The molecule has 22 heavy (non-hydrogen) atoms. The summed E-state index contributed by atoms with van der Waals surface area (Å²) in [4.78, 5) is 13.5. The van der Waals surface area contributed by atoms with E-state index in [9.17, 15) is 9.90 Å². The van der Waals surface area contributed by atoms with Crippen LogP contribution in [0.5, 0.6) is 5.75 Å². The van der Waals surface area contributed by atoms with E-state index in [0.29, 0.717) is 6.10 Å². The first-order chi connectivity index (χ1) is 10.3. The molecule has 1 aromatic rings. The Kier molecular flexibility index (Phi) is 3.56. The Morgan fingerprint density at radius 1 is 1.32 bits per heavy atom. The zero-order valence-corrected chi connectivity index (χ0v) is 13.3. The molecule has 0 radical (unpaired) electrons. The monoisotopic (exact) mass is 305 g/mol. The maximum Gasteiger partial charge on any atom is 0.410 e. The number of amides is 1. The third-order valence-electron chi connectivity index (χ3n) is 3.76. The first-order valence-corrected chi connectivity index (χ1v) is 7.73. The summed E-state index contributed by atoms with van der Waals surface area (Å²) in [5, 5.41) is 10.7. The highest BCUT2D eigenvalue weighted by atomic mass is 16.6. The van der Waals surface area contributed by atoms with Crippen molar-refractivity contribution >= 4 is 6.09 Å². The molecule has 1 aliphatic heterocycles. The quantitative estimate of drug-likeness (QED) is 0.932. The van der Waals surface area contributed by atoms with Gasteiger partial charge >= 0.3 is 6.09 Å². The van der Waals surface area contributed by atoms with Crippen molar-refractivity contribution < 1.29 is 19.4 Å². The van der Waals surface area contributed by atoms with Crippen LogP contribution in [-0.2, 0) is 10.3 Å². The molecule has 1 N–H and O–H groups in total. The maximum atomic E-state index is 11.9.